The lowest BCUT2D eigenvalue weighted by Crippen LogP contribution is -2.11. The van der Waals surface area contributed by atoms with Crippen LogP contribution in [0.25, 0.3) is 0 Å². The Morgan fingerprint density at radius 3 is 2.31 bits per heavy atom. The third-order valence-corrected chi connectivity index (χ3v) is 2.13. The molecule has 0 radical (unpaired) electrons. The SMILES string of the molecule is COC(=O)c1c(OC)nc(C)c(N)c1OC. The number of aromatic nitrogens is 1. The van der Waals surface area contributed by atoms with E-state index in [1.165, 1.54) is 21.3 Å². The van der Waals surface area contributed by atoms with Crippen LogP contribution in [-0.2, 0) is 4.74 Å². The number of ether oxygens (including phenoxy) is 3. The van der Waals surface area contributed by atoms with Crippen LogP contribution in [0.4, 0.5) is 5.69 Å². The highest BCUT2D eigenvalue weighted by Crippen LogP contribution is 2.34. The van der Waals surface area contributed by atoms with Gasteiger partial charge in [0, 0.05) is 0 Å². The Hall–Kier alpha value is -1.98. The summed E-state index contributed by atoms with van der Waals surface area (Å²) in [5.41, 5.74) is 6.68. The monoisotopic (exact) mass is 226 g/mol. The molecule has 0 aromatic carbocycles. The number of nitrogen functional groups attached to an aromatic ring is 1. The van der Waals surface area contributed by atoms with Crippen LogP contribution in [0.2, 0.25) is 0 Å². The maximum absolute atomic E-state index is 11.6. The number of methoxy groups -OCH3 is 3. The molecule has 0 aliphatic carbocycles. The summed E-state index contributed by atoms with van der Waals surface area (Å²) in [5.74, 6) is -0.250. The van der Waals surface area contributed by atoms with Crippen molar-refractivity contribution in [1.29, 1.82) is 0 Å². The second kappa shape index (κ2) is 4.69. The zero-order valence-electron chi connectivity index (χ0n) is 9.66. The summed E-state index contributed by atoms with van der Waals surface area (Å²) in [6.07, 6.45) is 0. The molecule has 6 heteroatoms. The zero-order chi connectivity index (χ0) is 12.3. The van der Waals surface area contributed by atoms with Crippen LogP contribution in [0.15, 0.2) is 0 Å². The van der Waals surface area contributed by atoms with Crippen molar-refractivity contribution in [2.45, 2.75) is 6.92 Å². The van der Waals surface area contributed by atoms with E-state index in [4.69, 9.17) is 15.2 Å². The molecule has 0 spiro atoms. The molecule has 0 aliphatic heterocycles. The van der Waals surface area contributed by atoms with Gasteiger partial charge in [-0.25, -0.2) is 9.78 Å². The molecule has 0 amide bonds. The van der Waals surface area contributed by atoms with Gasteiger partial charge in [0.1, 0.15) is 0 Å². The standard InChI is InChI=1S/C10H14N2O4/c1-5-7(11)8(14-2)6(10(13)16-4)9(12-5)15-3/h11H2,1-4H3. The smallest absolute Gasteiger partial charge is 0.347 e. The van der Waals surface area contributed by atoms with E-state index in [0.29, 0.717) is 11.4 Å². The third-order valence-electron chi connectivity index (χ3n) is 2.13. The normalized spacial score (nSPS) is 9.75. The number of carbonyl (C=O) groups is 1. The minimum atomic E-state index is -0.604. The van der Waals surface area contributed by atoms with Crippen LogP contribution in [0.1, 0.15) is 16.1 Å². The van der Waals surface area contributed by atoms with Gasteiger partial charge in [0.15, 0.2) is 11.3 Å². The van der Waals surface area contributed by atoms with E-state index in [2.05, 4.69) is 9.72 Å². The van der Waals surface area contributed by atoms with E-state index in [0.717, 1.165) is 0 Å². The summed E-state index contributed by atoms with van der Waals surface area (Å²) in [6.45, 7) is 1.70. The largest absolute Gasteiger partial charge is 0.493 e. The molecule has 2 N–H and O–H groups in total. The van der Waals surface area contributed by atoms with Crippen LogP contribution in [-0.4, -0.2) is 32.3 Å². The zero-order valence-corrected chi connectivity index (χ0v) is 9.66. The molecule has 16 heavy (non-hydrogen) atoms. The van der Waals surface area contributed by atoms with Crippen molar-refractivity contribution in [2.75, 3.05) is 27.1 Å². The quantitative estimate of drug-likeness (QED) is 0.766. The molecule has 0 atom stereocenters. The van der Waals surface area contributed by atoms with Gasteiger partial charge in [-0.05, 0) is 6.92 Å². The summed E-state index contributed by atoms with van der Waals surface area (Å²) < 4.78 is 14.7. The average molecular weight is 226 g/mol. The summed E-state index contributed by atoms with van der Waals surface area (Å²) in [5, 5.41) is 0. The van der Waals surface area contributed by atoms with Crippen LogP contribution >= 0.6 is 0 Å². The van der Waals surface area contributed by atoms with Crippen molar-refractivity contribution < 1.29 is 19.0 Å². The van der Waals surface area contributed by atoms with Gasteiger partial charge in [-0.1, -0.05) is 0 Å². The number of pyridine rings is 1. The van der Waals surface area contributed by atoms with E-state index in [9.17, 15) is 4.79 Å². The minimum Gasteiger partial charge on any atom is -0.493 e. The molecule has 0 unspecified atom stereocenters. The van der Waals surface area contributed by atoms with E-state index in [1.54, 1.807) is 6.92 Å². The Morgan fingerprint density at radius 2 is 1.88 bits per heavy atom. The molecule has 0 fully saturated rings. The molecule has 0 saturated carbocycles. The maximum Gasteiger partial charge on any atom is 0.347 e. The van der Waals surface area contributed by atoms with E-state index in [-0.39, 0.29) is 17.2 Å². The van der Waals surface area contributed by atoms with Crippen molar-refractivity contribution in [3.05, 3.63) is 11.3 Å². The Balaban J connectivity index is 3.53. The molecular weight excluding hydrogens is 212 g/mol. The molecule has 1 heterocycles. The topological polar surface area (TPSA) is 83.7 Å². The van der Waals surface area contributed by atoms with Gasteiger partial charge < -0.3 is 19.9 Å². The van der Waals surface area contributed by atoms with Crippen molar-refractivity contribution in [2.24, 2.45) is 0 Å². The van der Waals surface area contributed by atoms with Gasteiger partial charge in [0.05, 0.1) is 32.7 Å². The van der Waals surface area contributed by atoms with Crippen molar-refractivity contribution in [1.82, 2.24) is 4.98 Å². The summed E-state index contributed by atoms with van der Waals surface area (Å²) >= 11 is 0. The molecular formula is C10H14N2O4. The van der Waals surface area contributed by atoms with E-state index in [1.807, 2.05) is 0 Å². The van der Waals surface area contributed by atoms with Gasteiger partial charge in [-0.3, -0.25) is 0 Å². The van der Waals surface area contributed by atoms with Gasteiger partial charge in [-0.2, -0.15) is 0 Å². The molecule has 1 aromatic rings. The van der Waals surface area contributed by atoms with E-state index >= 15 is 0 Å². The fourth-order valence-electron chi connectivity index (χ4n) is 1.31. The first-order valence-electron chi connectivity index (χ1n) is 4.53. The number of aryl methyl sites for hydroxylation is 1. The Kier molecular flexibility index (Phi) is 3.55. The number of anilines is 1. The molecule has 6 nitrogen and oxygen atoms in total. The van der Waals surface area contributed by atoms with Crippen molar-refractivity contribution in [3.8, 4) is 11.6 Å². The first-order valence-corrected chi connectivity index (χ1v) is 4.53. The Bertz CT molecular complexity index is 418. The van der Waals surface area contributed by atoms with Crippen molar-refractivity contribution >= 4 is 11.7 Å². The average Bonchev–Trinajstić information content (AvgIpc) is 2.30. The molecule has 0 saturated heterocycles. The second-order valence-corrected chi connectivity index (χ2v) is 3.02. The van der Waals surface area contributed by atoms with Gasteiger partial charge >= 0.3 is 5.97 Å². The summed E-state index contributed by atoms with van der Waals surface area (Å²) in [6, 6.07) is 0. The highest BCUT2D eigenvalue weighted by atomic mass is 16.5. The van der Waals surface area contributed by atoms with Crippen LogP contribution in [0, 0.1) is 6.92 Å². The minimum absolute atomic E-state index is 0.0931. The van der Waals surface area contributed by atoms with E-state index < -0.39 is 5.97 Å². The molecule has 0 bridgehead atoms. The van der Waals surface area contributed by atoms with Crippen LogP contribution in [0.5, 0.6) is 11.6 Å². The number of rotatable bonds is 3. The highest BCUT2D eigenvalue weighted by Gasteiger charge is 2.24. The maximum atomic E-state index is 11.6. The number of nitrogens with two attached hydrogens (primary N) is 1. The number of carbonyl (C=O) groups excluding carboxylic acids is 1. The third kappa shape index (κ3) is 1.86. The molecule has 1 rings (SSSR count). The first kappa shape index (κ1) is 12.1. The number of hydrogen-bond acceptors (Lipinski definition) is 6. The van der Waals surface area contributed by atoms with Gasteiger partial charge in [0.2, 0.25) is 5.88 Å². The molecule has 0 aliphatic rings. The summed E-state index contributed by atoms with van der Waals surface area (Å²) in [7, 11) is 4.08. The fourth-order valence-corrected chi connectivity index (χ4v) is 1.31. The van der Waals surface area contributed by atoms with Gasteiger partial charge in [0.25, 0.3) is 0 Å². The fraction of sp³-hybridized carbons (Fsp3) is 0.400. The number of nitrogens with zero attached hydrogens (tertiary/aromatic N) is 1. The van der Waals surface area contributed by atoms with Crippen molar-refractivity contribution in [3.63, 3.8) is 0 Å². The van der Waals surface area contributed by atoms with Gasteiger partial charge in [-0.15, -0.1) is 0 Å². The lowest BCUT2D eigenvalue weighted by atomic mass is 10.2. The van der Waals surface area contributed by atoms with Crippen LogP contribution < -0.4 is 15.2 Å². The predicted molar refractivity (Wildman–Crippen MR) is 57.8 cm³/mol. The summed E-state index contributed by atoms with van der Waals surface area (Å²) in [4.78, 5) is 15.6. The predicted octanol–water partition coefficient (Wildman–Crippen LogP) is 0.776. The number of esters is 1. The highest BCUT2D eigenvalue weighted by molar-refractivity contribution is 5.97. The lowest BCUT2D eigenvalue weighted by Gasteiger charge is -2.14. The lowest BCUT2D eigenvalue weighted by molar-refractivity contribution is 0.0592. The molecule has 88 valence electrons. The van der Waals surface area contributed by atoms with Crippen LogP contribution in [0.3, 0.4) is 0 Å². The Labute approximate surface area is 93.3 Å². The molecule has 1 aromatic heterocycles. The first-order chi connectivity index (χ1) is 7.56. The number of hydrogen-bond donors (Lipinski definition) is 1. The Morgan fingerprint density at radius 1 is 1.25 bits per heavy atom. The second-order valence-electron chi connectivity index (χ2n) is 3.02.